The Morgan fingerprint density at radius 2 is 1.85 bits per heavy atom. The highest BCUT2D eigenvalue weighted by Gasteiger charge is 2.32. The largest absolute Gasteiger partial charge is 0.475 e. The lowest BCUT2D eigenvalue weighted by Gasteiger charge is -2.10. The van der Waals surface area contributed by atoms with Crippen LogP contribution in [0.1, 0.15) is 35.2 Å². The normalized spacial score (nSPS) is 14.6. The van der Waals surface area contributed by atoms with Gasteiger partial charge in [0.25, 0.3) is 5.82 Å². The van der Waals surface area contributed by atoms with Crippen LogP contribution in [0.4, 0.5) is 0 Å². The summed E-state index contributed by atoms with van der Waals surface area (Å²) < 4.78 is 4.14. The van der Waals surface area contributed by atoms with Crippen LogP contribution in [0.3, 0.4) is 0 Å². The van der Waals surface area contributed by atoms with Gasteiger partial charge in [0, 0.05) is 19.3 Å². The minimum Gasteiger partial charge on any atom is -0.475 e. The molecule has 8 heteroatoms. The van der Waals surface area contributed by atoms with Crippen LogP contribution in [0.25, 0.3) is 5.69 Å². The Hall–Kier alpha value is -0.730. The third kappa shape index (κ3) is 2.56. The Morgan fingerprint density at radius 1 is 1.25 bits per heavy atom. The van der Waals surface area contributed by atoms with Gasteiger partial charge in [0.15, 0.2) is 0 Å². The van der Waals surface area contributed by atoms with Gasteiger partial charge in [-0.25, -0.2) is 14.5 Å². The second-order valence-corrected chi connectivity index (χ2v) is 7.13. The molecule has 1 aliphatic carbocycles. The molecule has 0 aliphatic heterocycles. The van der Waals surface area contributed by atoms with Crippen LogP contribution in [0.5, 0.6) is 0 Å². The van der Waals surface area contributed by atoms with Gasteiger partial charge in [-0.2, -0.15) is 0 Å². The lowest BCUT2D eigenvalue weighted by atomic mass is 10.3. The average Bonchev–Trinajstić information content (AvgIpc) is 3.09. The van der Waals surface area contributed by atoms with Crippen molar-refractivity contribution in [2.24, 2.45) is 0 Å². The van der Waals surface area contributed by atoms with Gasteiger partial charge in [-0.1, -0.05) is 15.9 Å². The molecule has 0 atom stereocenters. The number of hydrogen-bond acceptors (Lipinski definition) is 3. The number of aromatic carboxylic acids is 1. The van der Waals surface area contributed by atoms with E-state index in [-0.39, 0.29) is 11.7 Å². The molecule has 0 saturated heterocycles. The van der Waals surface area contributed by atoms with Crippen LogP contribution in [-0.4, -0.2) is 25.8 Å². The lowest BCUT2D eigenvalue weighted by molar-refractivity contribution is 0.0683. The van der Waals surface area contributed by atoms with Crippen molar-refractivity contribution >= 4 is 53.8 Å². The highest BCUT2D eigenvalue weighted by atomic mass is 79.9. The fourth-order valence-corrected chi connectivity index (χ4v) is 4.52. The van der Waals surface area contributed by atoms with E-state index in [1.54, 1.807) is 4.68 Å². The molecule has 0 spiro atoms. The van der Waals surface area contributed by atoms with E-state index >= 15 is 0 Å². The molecule has 1 aromatic carbocycles. The molecule has 1 fully saturated rings. The van der Waals surface area contributed by atoms with Crippen molar-refractivity contribution in [1.82, 2.24) is 14.8 Å². The zero-order valence-corrected chi connectivity index (χ0v) is 14.7. The predicted octanol–water partition coefficient (Wildman–Crippen LogP) is 4.13. The molecule has 0 unspecified atom stereocenters. The quantitative estimate of drug-likeness (QED) is 0.740. The Labute approximate surface area is 139 Å². The van der Waals surface area contributed by atoms with E-state index < -0.39 is 5.97 Å². The zero-order chi connectivity index (χ0) is 14.4. The van der Waals surface area contributed by atoms with Crippen molar-refractivity contribution < 1.29 is 9.90 Å². The van der Waals surface area contributed by atoms with E-state index in [4.69, 9.17) is 5.11 Å². The third-order valence-electron chi connectivity index (χ3n) is 2.96. The minimum atomic E-state index is -1.12. The van der Waals surface area contributed by atoms with Gasteiger partial charge >= 0.3 is 5.97 Å². The molecule has 2 aromatic rings. The molecule has 1 N–H and O–H groups in total. The summed E-state index contributed by atoms with van der Waals surface area (Å²) >= 11 is 10.4. The summed E-state index contributed by atoms with van der Waals surface area (Å²) in [5.74, 6) is -0.298. The van der Waals surface area contributed by atoms with Gasteiger partial charge in [0.05, 0.1) is 5.69 Å². The number of nitrogens with zero attached hydrogens (tertiary/aromatic N) is 3. The van der Waals surface area contributed by atoms with E-state index in [0.29, 0.717) is 5.82 Å². The molecule has 0 amide bonds. The molecular formula is C12H8Br3N3O2. The van der Waals surface area contributed by atoms with Crippen LogP contribution in [0.15, 0.2) is 25.6 Å². The molecular weight excluding hydrogens is 458 g/mol. The average molecular weight is 466 g/mol. The van der Waals surface area contributed by atoms with Crippen LogP contribution in [-0.2, 0) is 0 Å². The van der Waals surface area contributed by atoms with Crippen LogP contribution in [0, 0.1) is 0 Å². The van der Waals surface area contributed by atoms with Crippen molar-refractivity contribution in [1.29, 1.82) is 0 Å². The SMILES string of the molecule is O=C(O)c1nc(C2CC2)n(-c2c(Br)cc(Br)cc2Br)n1. The zero-order valence-electron chi connectivity index (χ0n) is 9.98. The van der Waals surface area contributed by atoms with Gasteiger partial charge in [0.1, 0.15) is 5.82 Å². The summed E-state index contributed by atoms with van der Waals surface area (Å²) in [5.41, 5.74) is 0.759. The molecule has 104 valence electrons. The number of carbonyl (C=O) groups is 1. The number of hydrogen-bond donors (Lipinski definition) is 1. The number of rotatable bonds is 3. The Morgan fingerprint density at radius 3 is 2.35 bits per heavy atom. The molecule has 20 heavy (non-hydrogen) atoms. The van der Waals surface area contributed by atoms with E-state index in [1.807, 2.05) is 12.1 Å². The summed E-state index contributed by atoms with van der Waals surface area (Å²) in [6.45, 7) is 0. The maximum atomic E-state index is 11.1. The monoisotopic (exact) mass is 463 g/mol. The Kier molecular flexibility index (Phi) is 3.72. The second-order valence-electron chi connectivity index (χ2n) is 4.50. The Balaban J connectivity index is 2.21. The van der Waals surface area contributed by atoms with Gasteiger partial charge in [-0.3, -0.25) is 0 Å². The molecule has 1 aliphatic rings. The van der Waals surface area contributed by atoms with E-state index in [1.165, 1.54) is 0 Å². The highest BCUT2D eigenvalue weighted by Crippen LogP contribution is 2.42. The van der Waals surface area contributed by atoms with E-state index in [2.05, 4.69) is 57.9 Å². The maximum absolute atomic E-state index is 11.1. The van der Waals surface area contributed by atoms with Gasteiger partial charge in [0.2, 0.25) is 0 Å². The smallest absolute Gasteiger partial charge is 0.375 e. The molecule has 0 radical (unpaired) electrons. The first kappa shape index (κ1) is 14.2. The van der Waals surface area contributed by atoms with Crippen molar-refractivity contribution in [3.8, 4) is 5.69 Å². The van der Waals surface area contributed by atoms with Crippen molar-refractivity contribution in [2.75, 3.05) is 0 Å². The summed E-state index contributed by atoms with van der Waals surface area (Å²) in [6.07, 6.45) is 2.03. The minimum absolute atomic E-state index is 0.173. The standard InChI is InChI=1S/C12H8Br3N3O2/c13-6-3-7(14)9(8(15)4-6)18-11(5-1-2-5)16-10(17-18)12(19)20/h3-5H,1-2H2,(H,19,20). The topological polar surface area (TPSA) is 68.0 Å². The number of carboxylic acids is 1. The molecule has 5 nitrogen and oxygen atoms in total. The van der Waals surface area contributed by atoms with E-state index in [0.717, 1.165) is 31.9 Å². The molecule has 1 aromatic heterocycles. The molecule has 3 rings (SSSR count). The molecule has 1 heterocycles. The first-order valence-corrected chi connectivity index (χ1v) is 8.20. The fourth-order valence-electron chi connectivity index (χ4n) is 1.92. The van der Waals surface area contributed by atoms with Crippen molar-refractivity contribution in [2.45, 2.75) is 18.8 Å². The van der Waals surface area contributed by atoms with Gasteiger partial charge < -0.3 is 5.11 Å². The highest BCUT2D eigenvalue weighted by molar-refractivity contribution is 9.11. The second kappa shape index (κ2) is 5.23. The predicted molar refractivity (Wildman–Crippen MR) is 83.4 cm³/mol. The van der Waals surface area contributed by atoms with Crippen molar-refractivity contribution in [3.63, 3.8) is 0 Å². The third-order valence-corrected chi connectivity index (χ3v) is 4.63. The van der Waals surface area contributed by atoms with E-state index in [9.17, 15) is 4.79 Å². The summed E-state index contributed by atoms with van der Waals surface area (Å²) in [5, 5.41) is 13.2. The molecule has 1 saturated carbocycles. The molecule has 0 bridgehead atoms. The number of carboxylic acid groups (broad SMARTS) is 1. The van der Waals surface area contributed by atoms with Crippen LogP contribution >= 0.6 is 47.8 Å². The van der Waals surface area contributed by atoms with Crippen molar-refractivity contribution in [3.05, 3.63) is 37.2 Å². The number of benzene rings is 1. The maximum Gasteiger partial charge on any atom is 0.375 e. The first-order valence-electron chi connectivity index (χ1n) is 5.82. The van der Waals surface area contributed by atoms with Crippen LogP contribution in [0.2, 0.25) is 0 Å². The summed E-state index contributed by atoms with van der Waals surface area (Å²) in [7, 11) is 0. The van der Waals surface area contributed by atoms with Crippen LogP contribution < -0.4 is 0 Å². The number of aromatic nitrogens is 3. The lowest BCUT2D eigenvalue weighted by Crippen LogP contribution is -2.05. The summed E-state index contributed by atoms with van der Waals surface area (Å²) in [4.78, 5) is 15.2. The first-order chi connectivity index (χ1) is 9.47. The van der Waals surface area contributed by atoms with Gasteiger partial charge in [-0.05, 0) is 56.8 Å². The number of halogens is 3. The van der Waals surface area contributed by atoms with Gasteiger partial charge in [-0.15, -0.1) is 5.10 Å². The fraction of sp³-hybridized carbons (Fsp3) is 0.250. The summed E-state index contributed by atoms with van der Waals surface area (Å²) in [6, 6.07) is 3.78. The Bertz CT molecular complexity index is 687.